The number of sulfonamides is 1. The van der Waals surface area contributed by atoms with Crippen LogP contribution < -0.4 is 5.32 Å². The lowest BCUT2D eigenvalue weighted by molar-refractivity contribution is -0.120. The fourth-order valence-corrected chi connectivity index (χ4v) is 4.80. The molecule has 2 aromatic rings. The molecule has 146 valence electrons. The summed E-state index contributed by atoms with van der Waals surface area (Å²) in [4.78, 5) is 12.2. The van der Waals surface area contributed by atoms with Gasteiger partial charge in [0.05, 0.1) is 5.02 Å². The van der Waals surface area contributed by atoms with Gasteiger partial charge >= 0.3 is 0 Å². The number of carbonyl (C=O) groups is 1. The van der Waals surface area contributed by atoms with Crippen LogP contribution in [0, 0.1) is 11.7 Å². The zero-order chi connectivity index (χ0) is 20.4. The number of carbonyl (C=O) groups excluding carboxylic acids is 1. The van der Waals surface area contributed by atoms with E-state index in [4.69, 9.17) is 11.6 Å². The molecule has 0 saturated heterocycles. The summed E-state index contributed by atoms with van der Waals surface area (Å²) in [5.41, 5.74) is 0.541. The maximum Gasteiger partial charge on any atom is 0.246 e. The SMILES string of the molecule is CC(C)[C@H](C(=O)Nc1ccccc1)N(C)S(=O)(=O)c1cc(Br)c(Cl)cc1F. The molecule has 0 aliphatic heterocycles. The van der Waals surface area contributed by atoms with E-state index in [2.05, 4.69) is 21.2 Å². The second kappa shape index (κ2) is 8.68. The first kappa shape index (κ1) is 21.8. The molecular weight excluding hydrogens is 459 g/mol. The minimum Gasteiger partial charge on any atom is -0.325 e. The number of nitrogens with zero attached hydrogens (tertiary/aromatic N) is 1. The van der Waals surface area contributed by atoms with Crippen LogP contribution in [0.25, 0.3) is 0 Å². The van der Waals surface area contributed by atoms with E-state index in [9.17, 15) is 17.6 Å². The molecule has 0 aliphatic rings. The molecule has 0 heterocycles. The number of anilines is 1. The predicted octanol–water partition coefficient (Wildman–Crippen LogP) is 4.53. The van der Waals surface area contributed by atoms with Crippen molar-refractivity contribution in [3.8, 4) is 0 Å². The van der Waals surface area contributed by atoms with Crippen LogP contribution in [0.3, 0.4) is 0 Å². The highest BCUT2D eigenvalue weighted by Crippen LogP contribution is 2.30. The number of amides is 1. The Morgan fingerprint density at radius 1 is 1.22 bits per heavy atom. The van der Waals surface area contributed by atoms with E-state index in [-0.39, 0.29) is 15.4 Å². The molecule has 2 rings (SSSR count). The van der Waals surface area contributed by atoms with E-state index in [1.54, 1.807) is 44.2 Å². The van der Waals surface area contributed by atoms with Gasteiger partial charge in [-0.15, -0.1) is 0 Å². The van der Waals surface area contributed by atoms with Crippen molar-refractivity contribution in [2.24, 2.45) is 5.92 Å². The van der Waals surface area contributed by atoms with E-state index in [1.165, 1.54) is 7.05 Å². The van der Waals surface area contributed by atoms with Crippen LogP contribution >= 0.6 is 27.5 Å². The fraction of sp³-hybridized carbons (Fsp3) is 0.278. The molecule has 5 nitrogen and oxygen atoms in total. The summed E-state index contributed by atoms with van der Waals surface area (Å²) in [5, 5.41) is 2.75. The summed E-state index contributed by atoms with van der Waals surface area (Å²) in [6.45, 7) is 3.44. The lowest BCUT2D eigenvalue weighted by atomic mass is 10.0. The summed E-state index contributed by atoms with van der Waals surface area (Å²) in [6.07, 6.45) is 0. The highest BCUT2D eigenvalue weighted by atomic mass is 79.9. The molecule has 0 radical (unpaired) electrons. The van der Waals surface area contributed by atoms with E-state index in [0.717, 1.165) is 16.4 Å². The lowest BCUT2D eigenvalue weighted by Crippen LogP contribution is -2.48. The minimum absolute atomic E-state index is 0.0522. The fourth-order valence-electron chi connectivity index (χ4n) is 2.63. The summed E-state index contributed by atoms with van der Waals surface area (Å²) >= 11 is 8.91. The Balaban J connectivity index is 2.39. The first-order valence-electron chi connectivity index (χ1n) is 8.04. The van der Waals surface area contributed by atoms with Crippen molar-refractivity contribution in [1.82, 2.24) is 4.31 Å². The molecule has 27 heavy (non-hydrogen) atoms. The molecule has 0 aromatic heterocycles. The molecule has 1 atom stereocenters. The molecule has 1 amide bonds. The van der Waals surface area contributed by atoms with E-state index in [1.807, 2.05) is 0 Å². The van der Waals surface area contributed by atoms with Gasteiger partial charge in [0.15, 0.2) is 0 Å². The van der Waals surface area contributed by atoms with Gasteiger partial charge in [0.1, 0.15) is 16.8 Å². The monoisotopic (exact) mass is 476 g/mol. The molecule has 0 aliphatic carbocycles. The van der Waals surface area contributed by atoms with Gasteiger partial charge in [-0.1, -0.05) is 43.6 Å². The second-order valence-electron chi connectivity index (χ2n) is 6.26. The van der Waals surface area contributed by atoms with Crippen LogP contribution in [-0.4, -0.2) is 31.7 Å². The smallest absolute Gasteiger partial charge is 0.246 e. The van der Waals surface area contributed by atoms with Gasteiger partial charge in [0, 0.05) is 17.2 Å². The van der Waals surface area contributed by atoms with Crippen LogP contribution in [-0.2, 0) is 14.8 Å². The molecule has 2 aromatic carbocycles. The van der Waals surface area contributed by atoms with Gasteiger partial charge in [-0.25, -0.2) is 12.8 Å². The molecule has 0 bridgehead atoms. The zero-order valence-electron chi connectivity index (χ0n) is 14.9. The maximum atomic E-state index is 14.3. The zero-order valence-corrected chi connectivity index (χ0v) is 18.1. The highest BCUT2D eigenvalue weighted by Gasteiger charge is 2.36. The van der Waals surface area contributed by atoms with Crippen LogP contribution in [0.5, 0.6) is 0 Å². The summed E-state index contributed by atoms with van der Waals surface area (Å²) < 4.78 is 41.3. The van der Waals surface area contributed by atoms with E-state index < -0.39 is 32.7 Å². The summed E-state index contributed by atoms with van der Waals surface area (Å²) in [5.74, 6) is -1.84. The van der Waals surface area contributed by atoms with Crippen molar-refractivity contribution < 1.29 is 17.6 Å². The number of rotatable bonds is 6. The van der Waals surface area contributed by atoms with Crippen molar-refractivity contribution in [3.05, 3.63) is 57.8 Å². The van der Waals surface area contributed by atoms with Gasteiger partial charge in [-0.05, 0) is 46.1 Å². The predicted molar refractivity (Wildman–Crippen MR) is 108 cm³/mol. The van der Waals surface area contributed by atoms with Crippen molar-refractivity contribution in [2.45, 2.75) is 24.8 Å². The Hall–Kier alpha value is -1.48. The van der Waals surface area contributed by atoms with E-state index >= 15 is 0 Å². The number of halogens is 3. The summed E-state index contributed by atoms with van der Waals surface area (Å²) in [6, 6.07) is 9.66. The Labute approximate surface area is 171 Å². The maximum absolute atomic E-state index is 14.3. The van der Waals surface area contributed by atoms with Gasteiger partial charge in [-0.2, -0.15) is 4.31 Å². The topological polar surface area (TPSA) is 66.5 Å². The molecule has 9 heteroatoms. The number of nitrogens with one attached hydrogen (secondary N) is 1. The normalized spacial score (nSPS) is 13.0. The third-order valence-corrected chi connectivity index (χ3v) is 7.02. The number of benzene rings is 2. The standard InChI is InChI=1S/C18H19BrClFN2O3S/c1-11(2)17(18(24)22-12-7-5-4-6-8-12)23(3)27(25,26)16-9-13(19)14(20)10-15(16)21/h4-11,17H,1-3H3,(H,22,24)/t17-/m1/s1. The van der Waals surface area contributed by atoms with Crippen molar-refractivity contribution in [3.63, 3.8) is 0 Å². The molecule has 1 N–H and O–H groups in total. The first-order valence-corrected chi connectivity index (χ1v) is 10.6. The Morgan fingerprint density at radius 2 is 1.81 bits per heavy atom. The van der Waals surface area contributed by atoms with Gasteiger partial charge in [0.25, 0.3) is 0 Å². The number of hydrogen-bond donors (Lipinski definition) is 1. The average molecular weight is 478 g/mol. The Bertz CT molecular complexity index is 939. The molecule has 0 saturated carbocycles. The highest BCUT2D eigenvalue weighted by molar-refractivity contribution is 9.10. The molecular formula is C18H19BrClFN2O3S. The van der Waals surface area contributed by atoms with Crippen LogP contribution in [0.2, 0.25) is 5.02 Å². The third kappa shape index (κ3) is 4.87. The Morgan fingerprint density at radius 3 is 2.37 bits per heavy atom. The van der Waals surface area contributed by atoms with Crippen molar-refractivity contribution >= 4 is 49.1 Å². The largest absolute Gasteiger partial charge is 0.325 e. The van der Waals surface area contributed by atoms with E-state index in [0.29, 0.717) is 5.69 Å². The van der Waals surface area contributed by atoms with Crippen LogP contribution in [0.15, 0.2) is 51.8 Å². The molecule has 0 fully saturated rings. The van der Waals surface area contributed by atoms with Gasteiger partial charge in [-0.3, -0.25) is 4.79 Å². The van der Waals surface area contributed by atoms with Crippen LogP contribution in [0.1, 0.15) is 13.8 Å². The number of hydrogen-bond acceptors (Lipinski definition) is 3. The number of para-hydroxylation sites is 1. The third-order valence-electron chi connectivity index (χ3n) is 3.97. The second-order valence-corrected chi connectivity index (χ2v) is 9.49. The van der Waals surface area contributed by atoms with Crippen molar-refractivity contribution in [1.29, 1.82) is 0 Å². The lowest BCUT2D eigenvalue weighted by Gasteiger charge is -2.29. The Kier molecular flexibility index (Phi) is 7.02. The summed E-state index contributed by atoms with van der Waals surface area (Å²) in [7, 11) is -3.03. The van der Waals surface area contributed by atoms with Gasteiger partial charge in [0.2, 0.25) is 15.9 Å². The number of likely N-dealkylation sites (N-methyl/N-ethyl adjacent to an activating group) is 1. The van der Waals surface area contributed by atoms with Gasteiger partial charge < -0.3 is 5.32 Å². The minimum atomic E-state index is -4.28. The van der Waals surface area contributed by atoms with Crippen LogP contribution in [0.4, 0.5) is 10.1 Å². The quantitative estimate of drug-likeness (QED) is 0.622. The first-order chi connectivity index (χ1) is 12.6. The molecule has 0 spiro atoms. The average Bonchev–Trinajstić information content (AvgIpc) is 2.58. The molecule has 0 unspecified atom stereocenters. The van der Waals surface area contributed by atoms with Crippen molar-refractivity contribution in [2.75, 3.05) is 12.4 Å².